The Bertz CT molecular complexity index is 626. The maximum Gasteiger partial charge on any atom is 0.261 e. The van der Waals surface area contributed by atoms with E-state index >= 15 is 0 Å². The fourth-order valence-corrected chi connectivity index (χ4v) is 2.21. The third-order valence-electron chi connectivity index (χ3n) is 2.55. The summed E-state index contributed by atoms with van der Waals surface area (Å²) in [6, 6.07) is 7.94. The van der Waals surface area contributed by atoms with Crippen LogP contribution in [0, 0.1) is 12.7 Å². The summed E-state index contributed by atoms with van der Waals surface area (Å²) in [4.78, 5) is 23.8. The van der Waals surface area contributed by atoms with Gasteiger partial charge in [0.25, 0.3) is 5.91 Å². The molecule has 0 fully saturated rings. The fraction of sp³-hybridized carbons (Fsp3) is 0.143. The van der Waals surface area contributed by atoms with E-state index in [1.54, 1.807) is 30.5 Å². The molecule has 20 heavy (non-hydrogen) atoms. The van der Waals surface area contributed by atoms with Gasteiger partial charge in [0.15, 0.2) is 0 Å². The van der Waals surface area contributed by atoms with Crippen LogP contribution in [0.4, 0.5) is 10.1 Å². The van der Waals surface area contributed by atoms with Gasteiger partial charge in [-0.2, -0.15) is 0 Å². The van der Waals surface area contributed by atoms with E-state index in [1.807, 2.05) is 0 Å². The number of amides is 2. The molecule has 0 aliphatic rings. The van der Waals surface area contributed by atoms with E-state index in [4.69, 9.17) is 0 Å². The molecule has 2 rings (SSSR count). The molecule has 0 saturated heterocycles. The van der Waals surface area contributed by atoms with Crippen molar-refractivity contribution >= 4 is 28.8 Å². The number of thiophene rings is 1. The maximum atomic E-state index is 13.5. The Kier molecular flexibility index (Phi) is 4.47. The first-order valence-corrected chi connectivity index (χ1v) is 6.82. The molecule has 1 aromatic carbocycles. The van der Waals surface area contributed by atoms with Crippen molar-refractivity contribution in [2.45, 2.75) is 6.92 Å². The van der Waals surface area contributed by atoms with E-state index in [0.717, 1.165) is 5.56 Å². The SMILES string of the molecule is Cc1ccc(NC(=O)CNC(=O)c2cccs2)c(F)c1. The maximum absolute atomic E-state index is 13.5. The quantitative estimate of drug-likeness (QED) is 0.910. The van der Waals surface area contributed by atoms with E-state index in [2.05, 4.69) is 10.6 Å². The smallest absolute Gasteiger partial charge is 0.261 e. The first-order chi connectivity index (χ1) is 9.56. The number of benzene rings is 1. The van der Waals surface area contributed by atoms with Crippen LogP contribution in [0.5, 0.6) is 0 Å². The Balaban J connectivity index is 1.88. The standard InChI is InChI=1S/C14H13FN2O2S/c1-9-4-5-11(10(15)7-9)17-13(18)8-16-14(19)12-3-2-6-20-12/h2-7H,8H2,1H3,(H,16,19)(H,17,18). The zero-order valence-corrected chi connectivity index (χ0v) is 11.6. The van der Waals surface area contributed by atoms with Crippen molar-refractivity contribution < 1.29 is 14.0 Å². The van der Waals surface area contributed by atoms with E-state index in [-0.39, 0.29) is 18.1 Å². The third-order valence-corrected chi connectivity index (χ3v) is 3.42. The number of carbonyl (C=O) groups excluding carboxylic acids is 2. The van der Waals surface area contributed by atoms with Gasteiger partial charge in [-0.1, -0.05) is 12.1 Å². The largest absolute Gasteiger partial charge is 0.342 e. The van der Waals surface area contributed by atoms with Gasteiger partial charge >= 0.3 is 0 Å². The molecule has 0 aliphatic carbocycles. The minimum atomic E-state index is -0.497. The van der Waals surface area contributed by atoms with Gasteiger partial charge in [-0.05, 0) is 36.1 Å². The van der Waals surface area contributed by atoms with Crippen molar-refractivity contribution in [1.29, 1.82) is 0 Å². The van der Waals surface area contributed by atoms with Gasteiger partial charge in [0.1, 0.15) is 5.82 Å². The predicted molar refractivity (Wildman–Crippen MR) is 76.4 cm³/mol. The molecule has 4 nitrogen and oxygen atoms in total. The summed E-state index contributed by atoms with van der Waals surface area (Å²) in [6.45, 7) is 1.56. The lowest BCUT2D eigenvalue weighted by Gasteiger charge is -2.07. The number of carbonyl (C=O) groups is 2. The molecular formula is C14H13FN2O2S. The van der Waals surface area contributed by atoms with Crippen LogP contribution in [0.3, 0.4) is 0 Å². The van der Waals surface area contributed by atoms with Gasteiger partial charge in [0.05, 0.1) is 17.1 Å². The zero-order valence-electron chi connectivity index (χ0n) is 10.8. The summed E-state index contributed by atoms with van der Waals surface area (Å²) in [5.74, 6) is -1.29. The molecular weight excluding hydrogens is 279 g/mol. The summed E-state index contributed by atoms with van der Waals surface area (Å²) < 4.78 is 13.5. The van der Waals surface area contributed by atoms with Crippen molar-refractivity contribution in [1.82, 2.24) is 5.32 Å². The van der Waals surface area contributed by atoms with Crippen LogP contribution in [0.25, 0.3) is 0 Å². The van der Waals surface area contributed by atoms with Gasteiger partial charge in [-0.15, -0.1) is 11.3 Å². The first kappa shape index (κ1) is 14.2. The minimum absolute atomic E-state index is 0.103. The molecule has 104 valence electrons. The molecule has 1 aromatic heterocycles. The normalized spacial score (nSPS) is 10.1. The van der Waals surface area contributed by atoms with Gasteiger partial charge < -0.3 is 10.6 Å². The molecule has 2 aromatic rings. The summed E-state index contributed by atoms with van der Waals surface area (Å²) in [5.41, 5.74) is 0.873. The lowest BCUT2D eigenvalue weighted by molar-refractivity contribution is -0.115. The van der Waals surface area contributed by atoms with Crippen molar-refractivity contribution in [3.05, 3.63) is 52.0 Å². The Morgan fingerprint density at radius 2 is 2.10 bits per heavy atom. The van der Waals surface area contributed by atoms with Gasteiger partial charge in [0.2, 0.25) is 5.91 Å². The predicted octanol–water partition coefficient (Wildman–Crippen LogP) is 2.56. The second-order valence-electron chi connectivity index (χ2n) is 4.19. The number of hydrogen-bond acceptors (Lipinski definition) is 3. The van der Waals surface area contributed by atoms with Crippen LogP contribution in [0.2, 0.25) is 0 Å². The molecule has 2 N–H and O–H groups in total. The Morgan fingerprint density at radius 3 is 2.75 bits per heavy atom. The van der Waals surface area contributed by atoms with Crippen LogP contribution >= 0.6 is 11.3 Å². The molecule has 0 unspecified atom stereocenters. The molecule has 1 heterocycles. The number of aryl methyl sites for hydroxylation is 1. The molecule has 0 radical (unpaired) electrons. The first-order valence-electron chi connectivity index (χ1n) is 5.94. The number of rotatable bonds is 4. The van der Waals surface area contributed by atoms with Crippen LogP contribution in [0.15, 0.2) is 35.7 Å². The fourth-order valence-electron chi connectivity index (χ4n) is 1.57. The Morgan fingerprint density at radius 1 is 1.30 bits per heavy atom. The van der Waals surface area contributed by atoms with Crippen molar-refractivity contribution in [2.75, 3.05) is 11.9 Å². The molecule has 0 saturated carbocycles. The minimum Gasteiger partial charge on any atom is -0.342 e. The average molecular weight is 292 g/mol. The van der Waals surface area contributed by atoms with E-state index in [0.29, 0.717) is 4.88 Å². The lowest BCUT2D eigenvalue weighted by Crippen LogP contribution is -2.32. The highest BCUT2D eigenvalue weighted by Gasteiger charge is 2.10. The highest BCUT2D eigenvalue weighted by atomic mass is 32.1. The Hall–Kier alpha value is -2.21. The lowest BCUT2D eigenvalue weighted by atomic mass is 10.2. The van der Waals surface area contributed by atoms with Crippen LogP contribution in [-0.4, -0.2) is 18.4 Å². The number of hydrogen-bond donors (Lipinski definition) is 2. The summed E-state index contributed by atoms with van der Waals surface area (Å²) >= 11 is 1.29. The molecule has 2 amide bonds. The topological polar surface area (TPSA) is 58.2 Å². The monoisotopic (exact) mass is 292 g/mol. The molecule has 0 bridgehead atoms. The summed E-state index contributed by atoms with van der Waals surface area (Å²) in [6.07, 6.45) is 0. The van der Waals surface area contributed by atoms with Crippen molar-refractivity contribution in [3.8, 4) is 0 Å². The van der Waals surface area contributed by atoms with E-state index < -0.39 is 11.7 Å². The van der Waals surface area contributed by atoms with Crippen LogP contribution in [0.1, 0.15) is 15.2 Å². The van der Waals surface area contributed by atoms with Crippen molar-refractivity contribution in [3.63, 3.8) is 0 Å². The van der Waals surface area contributed by atoms with Crippen LogP contribution < -0.4 is 10.6 Å². The summed E-state index contributed by atoms with van der Waals surface area (Å²) in [7, 11) is 0. The zero-order chi connectivity index (χ0) is 14.5. The highest BCUT2D eigenvalue weighted by Crippen LogP contribution is 2.14. The second-order valence-corrected chi connectivity index (χ2v) is 5.14. The third kappa shape index (κ3) is 3.64. The number of halogens is 1. The van der Waals surface area contributed by atoms with Gasteiger partial charge in [0, 0.05) is 0 Å². The van der Waals surface area contributed by atoms with Gasteiger partial charge in [-0.25, -0.2) is 4.39 Å². The number of anilines is 1. The Labute approximate surface area is 119 Å². The van der Waals surface area contributed by atoms with E-state index in [1.165, 1.54) is 23.5 Å². The highest BCUT2D eigenvalue weighted by molar-refractivity contribution is 7.12. The number of nitrogens with one attached hydrogen (secondary N) is 2. The van der Waals surface area contributed by atoms with Gasteiger partial charge in [-0.3, -0.25) is 9.59 Å². The molecule has 0 spiro atoms. The molecule has 0 aliphatic heterocycles. The van der Waals surface area contributed by atoms with Crippen molar-refractivity contribution in [2.24, 2.45) is 0 Å². The molecule has 0 atom stereocenters. The van der Waals surface area contributed by atoms with E-state index in [9.17, 15) is 14.0 Å². The molecule has 6 heteroatoms. The average Bonchev–Trinajstić information content (AvgIpc) is 2.93. The van der Waals surface area contributed by atoms with Crippen LogP contribution in [-0.2, 0) is 4.79 Å². The summed E-state index contributed by atoms with van der Waals surface area (Å²) in [5, 5.41) is 6.66. The second kappa shape index (κ2) is 6.29.